The Morgan fingerprint density at radius 1 is 1.27 bits per heavy atom. The molecule has 0 saturated heterocycles. The molecule has 1 aromatic heterocycles. The molecule has 0 fully saturated rings. The maximum atomic E-state index is 11.5. The highest BCUT2D eigenvalue weighted by Crippen LogP contribution is 2.18. The fourth-order valence-electron chi connectivity index (χ4n) is 1.86. The number of hydrogen-bond donors (Lipinski definition) is 3. The Morgan fingerprint density at radius 3 is 2.73 bits per heavy atom. The summed E-state index contributed by atoms with van der Waals surface area (Å²) >= 11 is 0. The average Bonchev–Trinajstić information content (AvgIpc) is 2.89. The molecule has 0 saturated carbocycles. The molecule has 120 valence electrons. The van der Waals surface area contributed by atoms with Gasteiger partial charge in [0.15, 0.2) is 11.5 Å². The third-order valence-corrected chi connectivity index (χ3v) is 2.96. The minimum absolute atomic E-state index is 0. The zero-order chi connectivity index (χ0) is 15.2. The van der Waals surface area contributed by atoms with Crippen LogP contribution in [-0.4, -0.2) is 36.4 Å². The first kappa shape index (κ1) is 17.9. The number of nitrogens with one attached hydrogen (secondary N) is 2. The highest BCUT2D eigenvalue weighted by Gasteiger charge is 2.08. The summed E-state index contributed by atoms with van der Waals surface area (Å²) in [6.07, 6.45) is 0.491. The lowest BCUT2D eigenvalue weighted by molar-refractivity contribution is -0.125. The smallest absolute Gasteiger partial charge is 0.239 e. The summed E-state index contributed by atoms with van der Waals surface area (Å²) in [5.74, 6) is -0.0609. The van der Waals surface area contributed by atoms with Gasteiger partial charge in [0, 0.05) is 13.0 Å². The van der Waals surface area contributed by atoms with Crippen LogP contribution in [0.4, 0.5) is 0 Å². The minimum Gasteiger partial charge on any atom is -0.441 e. The first-order valence-corrected chi connectivity index (χ1v) is 6.68. The van der Waals surface area contributed by atoms with Gasteiger partial charge in [-0.1, -0.05) is 12.1 Å². The fourth-order valence-corrected chi connectivity index (χ4v) is 1.86. The number of nitrogens with two attached hydrogens (primary N) is 1. The van der Waals surface area contributed by atoms with E-state index in [0.717, 1.165) is 16.7 Å². The summed E-state index contributed by atoms with van der Waals surface area (Å²) in [6.45, 7) is 2.15. The van der Waals surface area contributed by atoms with Crippen LogP contribution in [0.1, 0.15) is 11.5 Å². The van der Waals surface area contributed by atoms with E-state index >= 15 is 0 Å². The second-order valence-corrected chi connectivity index (χ2v) is 4.61. The molecule has 8 heteroatoms. The SMILES string of the molecule is Cc1cccc2oc(CCNC(=O)CNC(=O)CN)nc12.Cl. The largest absolute Gasteiger partial charge is 0.441 e. The van der Waals surface area contributed by atoms with Gasteiger partial charge in [-0.05, 0) is 18.6 Å². The number of aromatic nitrogens is 1. The number of halogens is 1. The third-order valence-electron chi connectivity index (χ3n) is 2.96. The molecular weight excluding hydrogens is 308 g/mol. The summed E-state index contributed by atoms with van der Waals surface area (Å²) < 4.78 is 5.60. The standard InChI is InChI=1S/C14H18N4O3.ClH/c1-9-3-2-4-10-14(9)18-13(21-10)5-6-16-12(20)8-17-11(19)7-15;/h2-4H,5-8,15H2,1H3,(H,16,20)(H,17,19);1H. The van der Waals surface area contributed by atoms with Gasteiger partial charge in [0.2, 0.25) is 11.8 Å². The monoisotopic (exact) mass is 326 g/mol. The molecule has 0 atom stereocenters. The molecule has 0 aliphatic rings. The first-order valence-electron chi connectivity index (χ1n) is 6.68. The van der Waals surface area contributed by atoms with Crippen molar-refractivity contribution in [1.82, 2.24) is 15.6 Å². The molecule has 0 unspecified atom stereocenters. The van der Waals surface area contributed by atoms with Gasteiger partial charge in [0.1, 0.15) is 5.52 Å². The van der Waals surface area contributed by atoms with E-state index < -0.39 is 0 Å². The number of carbonyl (C=O) groups excluding carboxylic acids is 2. The van der Waals surface area contributed by atoms with Gasteiger partial charge in [0.25, 0.3) is 0 Å². The molecule has 2 aromatic rings. The van der Waals surface area contributed by atoms with Gasteiger partial charge in [0.05, 0.1) is 13.1 Å². The highest BCUT2D eigenvalue weighted by atomic mass is 35.5. The lowest BCUT2D eigenvalue weighted by Gasteiger charge is -2.04. The topological polar surface area (TPSA) is 110 Å². The summed E-state index contributed by atoms with van der Waals surface area (Å²) in [6, 6.07) is 5.74. The molecule has 2 amide bonds. The van der Waals surface area contributed by atoms with Crippen LogP contribution in [0.25, 0.3) is 11.1 Å². The molecule has 7 nitrogen and oxygen atoms in total. The van der Waals surface area contributed by atoms with E-state index in [4.69, 9.17) is 10.2 Å². The molecule has 0 aliphatic heterocycles. The van der Waals surface area contributed by atoms with Crippen LogP contribution in [-0.2, 0) is 16.0 Å². The van der Waals surface area contributed by atoms with Crippen LogP contribution >= 0.6 is 12.4 Å². The molecular formula is C14H19ClN4O3. The summed E-state index contributed by atoms with van der Waals surface area (Å²) in [4.78, 5) is 26.8. The van der Waals surface area contributed by atoms with E-state index in [1.807, 2.05) is 25.1 Å². The number of nitrogens with zero attached hydrogens (tertiary/aromatic N) is 1. The normalized spacial score (nSPS) is 10.1. The number of amides is 2. The van der Waals surface area contributed by atoms with E-state index in [1.54, 1.807) is 0 Å². The second kappa shape index (κ2) is 8.35. The number of fused-ring (bicyclic) bond motifs is 1. The van der Waals surface area contributed by atoms with Crippen molar-refractivity contribution < 1.29 is 14.0 Å². The number of para-hydroxylation sites is 1. The van der Waals surface area contributed by atoms with Crippen LogP contribution in [0.5, 0.6) is 0 Å². The Balaban J connectivity index is 0.00000242. The van der Waals surface area contributed by atoms with Crippen LogP contribution in [0.2, 0.25) is 0 Å². The van der Waals surface area contributed by atoms with E-state index in [0.29, 0.717) is 18.9 Å². The third kappa shape index (κ3) is 4.71. The van der Waals surface area contributed by atoms with Gasteiger partial charge in [-0.25, -0.2) is 4.98 Å². The Morgan fingerprint density at radius 2 is 2.05 bits per heavy atom. The number of carbonyl (C=O) groups is 2. The van der Waals surface area contributed by atoms with Crippen LogP contribution < -0.4 is 16.4 Å². The van der Waals surface area contributed by atoms with Crippen molar-refractivity contribution in [3.8, 4) is 0 Å². The molecule has 1 aromatic carbocycles. The highest BCUT2D eigenvalue weighted by molar-refractivity contribution is 5.85. The van der Waals surface area contributed by atoms with Crippen molar-refractivity contribution in [2.45, 2.75) is 13.3 Å². The summed E-state index contributed by atoms with van der Waals surface area (Å²) in [5, 5.41) is 5.07. The summed E-state index contributed by atoms with van der Waals surface area (Å²) in [5.41, 5.74) is 7.75. The number of benzene rings is 1. The molecule has 22 heavy (non-hydrogen) atoms. The van der Waals surface area contributed by atoms with Crippen LogP contribution in [0.3, 0.4) is 0 Å². The lowest BCUT2D eigenvalue weighted by Crippen LogP contribution is -2.40. The van der Waals surface area contributed by atoms with Gasteiger partial charge in [-0.15, -0.1) is 12.4 Å². The molecule has 0 bridgehead atoms. The number of rotatable bonds is 6. The van der Waals surface area contributed by atoms with Crippen molar-refractivity contribution in [3.05, 3.63) is 29.7 Å². The number of oxazole rings is 1. The van der Waals surface area contributed by atoms with Gasteiger partial charge < -0.3 is 20.8 Å². The predicted molar refractivity (Wildman–Crippen MR) is 84.8 cm³/mol. The van der Waals surface area contributed by atoms with Gasteiger partial charge in [-0.2, -0.15) is 0 Å². The maximum Gasteiger partial charge on any atom is 0.239 e. The van der Waals surface area contributed by atoms with Crippen molar-refractivity contribution in [1.29, 1.82) is 0 Å². The van der Waals surface area contributed by atoms with Crippen molar-refractivity contribution in [2.24, 2.45) is 5.73 Å². The van der Waals surface area contributed by atoms with Gasteiger partial charge in [-0.3, -0.25) is 9.59 Å². The van der Waals surface area contributed by atoms with E-state index in [-0.39, 0.29) is 37.3 Å². The minimum atomic E-state index is -0.362. The van der Waals surface area contributed by atoms with Gasteiger partial charge >= 0.3 is 0 Å². The van der Waals surface area contributed by atoms with Crippen molar-refractivity contribution in [2.75, 3.05) is 19.6 Å². The van der Waals surface area contributed by atoms with E-state index in [9.17, 15) is 9.59 Å². The maximum absolute atomic E-state index is 11.5. The molecule has 4 N–H and O–H groups in total. The first-order chi connectivity index (χ1) is 10.1. The quantitative estimate of drug-likeness (QED) is 0.706. The number of hydrogen-bond acceptors (Lipinski definition) is 5. The fraction of sp³-hybridized carbons (Fsp3) is 0.357. The zero-order valence-corrected chi connectivity index (χ0v) is 13.0. The Labute approximate surface area is 134 Å². The van der Waals surface area contributed by atoms with Crippen LogP contribution in [0.15, 0.2) is 22.6 Å². The van der Waals surface area contributed by atoms with E-state index in [1.165, 1.54) is 0 Å². The zero-order valence-electron chi connectivity index (χ0n) is 12.2. The van der Waals surface area contributed by atoms with Crippen LogP contribution in [0, 0.1) is 6.92 Å². The predicted octanol–water partition coefficient (Wildman–Crippen LogP) is 0.292. The second-order valence-electron chi connectivity index (χ2n) is 4.61. The van der Waals surface area contributed by atoms with E-state index in [2.05, 4.69) is 15.6 Å². The Hall–Kier alpha value is -2.12. The lowest BCUT2D eigenvalue weighted by atomic mass is 10.2. The molecule has 0 radical (unpaired) electrons. The Kier molecular flexibility index (Phi) is 6.81. The Bertz CT molecular complexity index is 657. The molecule has 1 heterocycles. The number of aryl methyl sites for hydroxylation is 1. The molecule has 0 aliphatic carbocycles. The van der Waals surface area contributed by atoms with Crippen molar-refractivity contribution >= 4 is 35.3 Å². The average molecular weight is 327 g/mol. The molecule has 2 rings (SSSR count). The molecule has 0 spiro atoms. The van der Waals surface area contributed by atoms with Crippen molar-refractivity contribution in [3.63, 3.8) is 0 Å². The summed E-state index contributed by atoms with van der Waals surface area (Å²) in [7, 11) is 0.